The Balaban J connectivity index is 1.85. The van der Waals surface area contributed by atoms with Gasteiger partial charge < -0.3 is 19.7 Å². The van der Waals surface area contributed by atoms with Crippen molar-refractivity contribution in [2.45, 2.75) is 45.7 Å². The van der Waals surface area contributed by atoms with Crippen LogP contribution in [-0.2, 0) is 6.42 Å². The van der Waals surface area contributed by atoms with Gasteiger partial charge in [-0.15, -0.1) is 0 Å². The summed E-state index contributed by atoms with van der Waals surface area (Å²) in [5.41, 5.74) is 2.16. The van der Waals surface area contributed by atoms with Crippen LogP contribution in [0, 0.1) is 0 Å². The summed E-state index contributed by atoms with van der Waals surface area (Å²) in [7, 11) is 0. The summed E-state index contributed by atoms with van der Waals surface area (Å²) >= 11 is 0. The molecule has 1 aromatic carbocycles. The van der Waals surface area contributed by atoms with E-state index in [-0.39, 0.29) is 24.4 Å². The molecule has 0 aliphatic carbocycles. The molecule has 5 heteroatoms. The Labute approximate surface area is 125 Å². The fourth-order valence-electron chi connectivity index (χ4n) is 2.88. The normalized spacial score (nSPS) is 20.2. The zero-order valence-corrected chi connectivity index (χ0v) is 13.0. The van der Waals surface area contributed by atoms with E-state index in [1.807, 2.05) is 37.8 Å². The van der Waals surface area contributed by atoms with Gasteiger partial charge in [-0.1, -0.05) is 0 Å². The topological polar surface area (TPSA) is 50.8 Å². The SMILES string of the molecule is CC1c2cc3c(cc2CCN1C(=O)NC(C)(C)C)OCO3. The highest BCUT2D eigenvalue weighted by molar-refractivity contribution is 5.76. The zero-order valence-electron chi connectivity index (χ0n) is 13.0. The van der Waals surface area contributed by atoms with Crippen molar-refractivity contribution in [1.29, 1.82) is 0 Å². The van der Waals surface area contributed by atoms with Crippen molar-refractivity contribution in [3.8, 4) is 11.5 Å². The Morgan fingerprint density at radius 3 is 2.62 bits per heavy atom. The number of nitrogens with zero attached hydrogens (tertiary/aromatic N) is 1. The molecule has 1 aromatic rings. The first-order valence-corrected chi connectivity index (χ1v) is 7.36. The maximum Gasteiger partial charge on any atom is 0.318 e. The smallest absolute Gasteiger partial charge is 0.318 e. The standard InChI is InChI=1S/C16H22N2O3/c1-10-12-8-14-13(20-9-21-14)7-11(12)5-6-18(10)15(19)17-16(2,3)4/h7-8,10H,5-6,9H2,1-4H3,(H,17,19). The number of nitrogens with one attached hydrogen (secondary N) is 1. The first-order valence-electron chi connectivity index (χ1n) is 7.36. The lowest BCUT2D eigenvalue weighted by atomic mass is 9.93. The van der Waals surface area contributed by atoms with Crippen LogP contribution in [0.3, 0.4) is 0 Å². The van der Waals surface area contributed by atoms with Gasteiger partial charge in [-0.2, -0.15) is 0 Å². The van der Waals surface area contributed by atoms with Crippen molar-refractivity contribution in [2.75, 3.05) is 13.3 Å². The van der Waals surface area contributed by atoms with Gasteiger partial charge in [-0.3, -0.25) is 0 Å². The highest BCUT2D eigenvalue weighted by Crippen LogP contribution is 2.40. The lowest BCUT2D eigenvalue weighted by molar-refractivity contribution is 0.166. The molecule has 1 N–H and O–H groups in total. The molecule has 2 amide bonds. The average molecular weight is 290 g/mol. The van der Waals surface area contributed by atoms with E-state index in [9.17, 15) is 4.79 Å². The number of amides is 2. The molecule has 21 heavy (non-hydrogen) atoms. The predicted octanol–water partition coefficient (Wildman–Crippen LogP) is 2.84. The van der Waals surface area contributed by atoms with Crippen molar-refractivity contribution < 1.29 is 14.3 Å². The number of carbonyl (C=O) groups is 1. The van der Waals surface area contributed by atoms with Crippen molar-refractivity contribution in [3.05, 3.63) is 23.3 Å². The van der Waals surface area contributed by atoms with Gasteiger partial charge in [0.1, 0.15) is 0 Å². The average Bonchev–Trinajstić information content (AvgIpc) is 2.82. The van der Waals surface area contributed by atoms with E-state index in [1.165, 1.54) is 5.56 Å². The Morgan fingerprint density at radius 2 is 1.95 bits per heavy atom. The minimum Gasteiger partial charge on any atom is -0.454 e. The monoisotopic (exact) mass is 290 g/mol. The maximum absolute atomic E-state index is 12.4. The number of hydrogen-bond donors (Lipinski definition) is 1. The van der Waals surface area contributed by atoms with Gasteiger partial charge in [-0.25, -0.2) is 4.79 Å². The van der Waals surface area contributed by atoms with Crippen LogP contribution in [0.2, 0.25) is 0 Å². The van der Waals surface area contributed by atoms with Crippen LogP contribution in [0.1, 0.15) is 44.9 Å². The molecule has 0 radical (unpaired) electrons. The van der Waals surface area contributed by atoms with Gasteiger partial charge >= 0.3 is 6.03 Å². The third-order valence-corrected chi connectivity index (χ3v) is 3.92. The minimum absolute atomic E-state index is 0.0154. The number of carbonyl (C=O) groups excluding carboxylic acids is 1. The van der Waals surface area contributed by atoms with E-state index < -0.39 is 0 Å². The summed E-state index contributed by atoms with van der Waals surface area (Å²) in [5, 5.41) is 3.03. The molecule has 0 aromatic heterocycles. The lowest BCUT2D eigenvalue weighted by Crippen LogP contribution is -2.50. The Bertz CT molecular complexity index is 578. The largest absolute Gasteiger partial charge is 0.454 e. The van der Waals surface area contributed by atoms with Gasteiger partial charge in [-0.05, 0) is 57.4 Å². The highest BCUT2D eigenvalue weighted by atomic mass is 16.7. The lowest BCUT2D eigenvalue weighted by Gasteiger charge is -2.37. The second-order valence-electron chi connectivity index (χ2n) is 6.70. The second-order valence-corrected chi connectivity index (χ2v) is 6.70. The molecule has 0 saturated heterocycles. The fourth-order valence-corrected chi connectivity index (χ4v) is 2.88. The number of hydrogen-bond acceptors (Lipinski definition) is 3. The van der Waals surface area contributed by atoms with E-state index >= 15 is 0 Å². The number of rotatable bonds is 0. The molecule has 1 atom stereocenters. The molecule has 2 heterocycles. The number of fused-ring (bicyclic) bond motifs is 2. The summed E-state index contributed by atoms with van der Waals surface area (Å²) < 4.78 is 10.9. The Kier molecular flexibility index (Phi) is 3.23. The van der Waals surface area contributed by atoms with E-state index in [2.05, 4.69) is 12.2 Å². The summed E-state index contributed by atoms with van der Waals surface area (Å²) in [6, 6.07) is 4.08. The summed E-state index contributed by atoms with van der Waals surface area (Å²) in [5.74, 6) is 1.59. The minimum atomic E-state index is -0.230. The number of urea groups is 1. The van der Waals surface area contributed by atoms with Gasteiger partial charge in [0.25, 0.3) is 0 Å². The predicted molar refractivity (Wildman–Crippen MR) is 79.7 cm³/mol. The van der Waals surface area contributed by atoms with Crippen LogP contribution in [0.4, 0.5) is 4.79 Å². The zero-order chi connectivity index (χ0) is 15.2. The summed E-state index contributed by atoms with van der Waals surface area (Å²) in [6.07, 6.45) is 0.841. The van der Waals surface area contributed by atoms with E-state index in [0.717, 1.165) is 30.0 Å². The second kappa shape index (κ2) is 4.83. The first-order chi connectivity index (χ1) is 9.85. The molecule has 0 spiro atoms. The van der Waals surface area contributed by atoms with E-state index in [4.69, 9.17) is 9.47 Å². The van der Waals surface area contributed by atoms with Crippen molar-refractivity contribution >= 4 is 6.03 Å². The van der Waals surface area contributed by atoms with E-state index in [0.29, 0.717) is 0 Å². The van der Waals surface area contributed by atoms with Crippen LogP contribution in [0.15, 0.2) is 12.1 Å². The molecule has 0 fully saturated rings. The molecular formula is C16H22N2O3. The van der Waals surface area contributed by atoms with Crippen molar-refractivity contribution in [2.24, 2.45) is 0 Å². The third-order valence-electron chi connectivity index (χ3n) is 3.92. The van der Waals surface area contributed by atoms with Crippen LogP contribution < -0.4 is 14.8 Å². The number of ether oxygens (including phenoxy) is 2. The molecule has 2 aliphatic heterocycles. The molecule has 3 rings (SSSR count). The van der Waals surface area contributed by atoms with Gasteiger partial charge in [0.15, 0.2) is 11.5 Å². The number of benzene rings is 1. The highest BCUT2D eigenvalue weighted by Gasteiger charge is 2.31. The van der Waals surface area contributed by atoms with E-state index in [1.54, 1.807) is 0 Å². The van der Waals surface area contributed by atoms with Crippen LogP contribution >= 0.6 is 0 Å². The first kappa shape index (κ1) is 14.0. The molecule has 0 bridgehead atoms. The quantitative estimate of drug-likeness (QED) is 0.799. The van der Waals surface area contributed by atoms with Gasteiger partial charge in [0.2, 0.25) is 6.79 Å². The molecule has 0 saturated carbocycles. The van der Waals surface area contributed by atoms with Crippen LogP contribution in [0.5, 0.6) is 11.5 Å². The van der Waals surface area contributed by atoms with Crippen molar-refractivity contribution in [3.63, 3.8) is 0 Å². The Morgan fingerprint density at radius 1 is 1.29 bits per heavy atom. The summed E-state index contributed by atoms with van der Waals surface area (Å²) in [6.45, 7) is 9.03. The van der Waals surface area contributed by atoms with Crippen molar-refractivity contribution in [1.82, 2.24) is 10.2 Å². The molecular weight excluding hydrogens is 268 g/mol. The maximum atomic E-state index is 12.4. The molecule has 2 aliphatic rings. The molecule has 114 valence electrons. The third kappa shape index (κ3) is 2.64. The van der Waals surface area contributed by atoms with Gasteiger partial charge in [0, 0.05) is 12.1 Å². The molecule has 1 unspecified atom stereocenters. The van der Waals surface area contributed by atoms with Crippen LogP contribution in [0.25, 0.3) is 0 Å². The van der Waals surface area contributed by atoms with Gasteiger partial charge in [0.05, 0.1) is 6.04 Å². The van der Waals surface area contributed by atoms with Crippen LogP contribution in [-0.4, -0.2) is 29.8 Å². The fraction of sp³-hybridized carbons (Fsp3) is 0.562. The summed E-state index contributed by atoms with van der Waals surface area (Å²) in [4.78, 5) is 14.3. The Hall–Kier alpha value is -1.91. The molecule has 5 nitrogen and oxygen atoms in total.